The topological polar surface area (TPSA) is 69.2 Å². The minimum atomic E-state index is -0.179. The Morgan fingerprint density at radius 2 is 1.93 bits per heavy atom. The molecule has 1 atom stereocenters. The van der Waals surface area contributed by atoms with Crippen LogP contribution in [-0.2, 0) is 4.79 Å². The SMILES string of the molecule is CC[C@@H](C)Oc1c(I)cc(/C=C2/SC(=Nc3ccc(OC)cc3)NC2=O)cc1OC. The molecule has 0 aliphatic carbocycles. The number of amides is 1. The van der Waals surface area contributed by atoms with E-state index in [0.29, 0.717) is 15.8 Å². The van der Waals surface area contributed by atoms with Gasteiger partial charge in [0.1, 0.15) is 5.75 Å². The molecule has 2 aromatic carbocycles. The zero-order valence-corrected chi connectivity index (χ0v) is 20.2. The lowest BCUT2D eigenvalue weighted by molar-refractivity contribution is -0.115. The standard InChI is InChI=1S/C22H23IN2O4S/c1-5-13(2)29-20-17(23)10-14(11-18(20)28-4)12-19-21(26)25-22(30-19)24-15-6-8-16(27-3)9-7-15/h6-13H,5H2,1-4H3,(H,24,25,26)/b19-12+/t13-/m1/s1. The Bertz CT molecular complexity index is 989. The molecule has 1 N–H and O–H groups in total. The highest BCUT2D eigenvalue weighted by atomic mass is 127. The van der Waals surface area contributed by atoms with Crippen LogP contribution in [0.2, 0.25) is 0 Å². The number of halogens is 1. The number of ether oxygens (including phenoxy) is 3. The van der Waals surface area contributed by atoms with Crippen LogP contribution < -0.4 is 19.5 Å². The summed E-state index contributed by atoms with van der Waals surface area (Å²) in [6, 6.07) is 11.2. The Balaban J connectivity index is 1.83. The molecule has 0 unspecified atom stereocenters. The number of rotatable bonds is 7. The van der Waals surface area contributed by atoms with Crippen LogP contribution in [0.25, 0.3) is 6.08 Å². The van der Waals surface area contributed by atoms with Crippen molar-refractivity contribution in [2.75, 3.05) is 14.2 Å². The average molecular weight is 538 g/mol. The van der Waals surface area contributed by atoms with Gasteiger partial charge in [0, 0.05) is 0 Å². The number of benzene rings is 2. The highest BCUT2D eigenvalue weighted by Gasteiger charge is 2.24. The summed E-state index contributed by atoms with van der Waals surface area (Å²) in [5.41, 5.74) is 1.60. The number of carbonyl (C=O) groups excluding carboxylic acids is 1. The molecule has 2 aromatic rings. The maximum Gasteiger partial charge on any atom is 0.264 e. The molecule has 8 heteroatoms. The van der Waals surface area contributed by atoms with Gasteiger partial charge in [-0.15, -0.1) is 0 Å². The van der Waals surface area contributed by atoms with Crippen molar-refractivity contribution in [1.82, 2.24) is 5.32 Å². The van der Waals surface area contributed by atoms with Crippen LogP contribution in [0.3, 0.4) is 0 Å². The van der Waals surface area contributed by atoms with Crippen molar-refractivity contribution < 1.29 is 19.0 Å². The first kappa shape index (κ1) is 22.5. The van der Waals surface area contributed by atoms with Gasteiger partial charge in [-0.3, -0.25) is 4.79 Å². The van der Waals surface area contributed by atoms with Crippen molar-refractivity contribution in [2.45, 2.75) is 26.4 Å². The predicted octanol–water partition coefficient (Wildman–Crippen LogP) is 5.38. The van der Waals surface area contributed by atoms with Crippen molar-refractivity contribution >= 4 is 57.2 Å². The third-order valence-electron chi connectivity index (χ3n) is 4.40. The van der Waals surface area contributed by atoms with E-state index in [-0.39, 0.29) is 12.0 Å². The van der Waals surface area contributed by atoms with Crippen molar-refractivity contribution in [2.24, 2.45) is 4.99 Å². The largest absolute Gasteiger partial charge is 0.497 e. The highest BCUT2D eigenvalue weighted by Crippen LogP contribution is 2.37. The van der Waals surface area contributed by atoms with Crippen LogP contribution in [0, 0.1) is 3.57 Å². The summed E-state index contributed by atoms with van der Waals surface area (Å²) in [4.78, 5) is 17.5. The van der Waals surface area contributed by atoms with E-state index in [1.165, 1.54) is 11.8 Å². The van der Waals surface area contributed by atoms with E-state index in [2.05, 4.69) is 39.8 Å². The van der Waals surface area contributed by atoms with Crippen LogP contribution in [0.5, 0.6) is 17.2 Å². The minimum absolute atomic E-state index is 0.0875. The number of amidine groups is 1. The number of nitrogens with zero attached hydrogens (tertiary/aromatic N) is 1. The lowest BCUT2D eigenvalue weighted by Gasteiger charge is -2.17. The number of methoxy groups -OCH3 is 2. The number of thioether (sulfide) groups is 1. The molecule has 1 heterocycles. The maximum absolute atomic E-state index is 12.4. The lowest BCUT2D eigenvalue weighted by atomic mass is 10.2. The summed E-state index contributed by atoms with van der Waals surface area (Å²) >= 11 is 3.53. The molecule has 1 saturated heterocycles. The molecule has 1 aliphatic heterocycles. The fraction of sp³-hybridized carbons (Fsp3) is 0.273. The van der Waals surface area contributed by atoms with Crippen LogP contribution in [-0.4, -0.2) is 31.4 Å². The van der Waals surface area contributed by atoms with Crippen LogP contribution in [0.15, 0.2) is 46.3 Å². The van der Waals surface area contributed by atoms with E-state index < -0.39 is 0 Å². The summed E-state index contributed by atoms with van der Waals surface area (Å²) in [6.45, 7) is 4.10. The van der Waals surface area contributed by atoms with Gasteiger partial charge < -0.3 is 19.5 Å². The average Bonchev–Trinajstić information content (AvgIpc) is 3.08. The van der Waals surface area contributed by atoms with E-state index in [1.807, 2.05) is 49.4 Å². The molecule has 0 aromatic heterocycles. The summed E-state index contributed by atoms with van der Waals surface area (Å²) in [7, 11) is 3.23. The Morgan fingerprint density at radius 3 is 2.57 bits per heavy atom. The molecule has 1 fully saturated rings. The van der Waals surface area contributed by atoms with Crippen LogP contribution >= 0.6 is 34.4 Å². The third kappa shape index (κ3) is 5.48. The lowest BCUT2D eigenvalue weighted by Crippen LogP contribution is -2.19. The minimum Gasteiger partial charge on any atom is -0.497 e. The molecule has 1 aliphatic rings. The monoisotopic (exact) mass is 538 g/mol. The van der Waals surface area contributed by atoms with Gasteiger partial charge in [0.15, 0.2) is 16.7 Å². The summed E-state index contributed by atoms with van der Waals surface area (Å²) in [5.74, 6) is 1.94. The number of nitrogens with one attached hydrogen (secondary N) is 1. The first-order chi connectivity index (χ1) is 14.4. The fourth-order valence-electron chi connectivity index (χ4n) is 2.63. The number of hydrogen-bond donors (Lipinski definition) is 1. The van der Waals surface area contributed by atoms with Crippen molar-refractivity contribution in [3.05, 3.63) is 50.4 Å². The smallest absolute Gasteiger partial charge is 0.264 e. The Hall–Kier alpha value is -2.20. The Morgan fingerprint density at radius 1 is 1.20 bits per heavy atom. The van der Waals surface area contributed by atoms with Gasteiger partial charge in [0.05, 0.1) is 34.5 Å². The molecule has 0 bridgehead atoms. The van der Waals surface area contributed by atoms with Crippen LogP contribution in [0.1, 0.15) is 25.8 Å². The van der Waals surface area contributed by atoms with Gasteiger partial charge in [0.2, 0.25) is 0 Å². The molecule has 3 rings (SSSR count). The second-order valence-corrected chi connectivity index (χ2v) is 8.74. The van der Waals surface area contributed by atoms with Crippen LogP contribution in [0.4, 0.5) is 5.69 Å². The molecular formula is C22H23IN2O4S. The predicted molar refractivity (Wildman–Crippen MR) is 130 cm³/mol. The summed E-state index contributed by atoms with van der Waals surface area (Å²) < 4.78 is 17.6. The second-order valence-electron chi connectivity index (χ2n) is 6.55. The molecule has 1 amide bonds. The van der Waals surface area contributed by atoms with E-state index in [4.69, 9.17) is 14.2 Å². The zero-order chi connectivity index (χ0) is 21.7. The number of hydrogen-bond acceptors (Lipinski definition) is 6. The van der Waals surface area contributed by atoms with Gasteiger partial charge in [-0.2, -0.15) is 0 Å². The first-order valence-corrected chi connectivity index (χ1v) is 11.3. The van der Waals surface area contributed by atoms with E-state index >= 15 is 0 Å². The van der Waals surface area contributed by atoms with Gasteiger partial charge >= 0.3 is 0 Å². The molecule has 30 heavy (non-hydrogen) atoms. The Labute approximate surface area is 194 Å². The highest BCUT2D eigenvalue weighted by molar-refractivity contribution is 14.1. The van der Waals surface area contributed by atoms with E-state index in [1.54, 1.807) is 14.2 Å². The molecule has 158 valence electrons. The third-order valence-corrected chi connectivity index (χ3v) is 6.11. The first-order valence-electron chi connectivity index (χ1n) is 9.41. The molecule has 0 saturated carbocycles. The van der Waals surface area contributed by atoms with E-state index in [0.717, 1.165) is 32.7 Å². The van der Waals surface area contributed by atoms with Gasteiger partial charge in [-0.1, -0.05) is 6.92 Å². The fourth-order valence-corrected chi connectivity index (χ4v) is 4.22. The molecule has 6 nitrogen and oxygen atoms in total. The van der Waals surface area contributed by atoms with Gasteiger partial charge in [-0.05, 0) is 95.7 Å². The van der Waals surface area contributed by atoms with Crippen molar-refractivity contribution in [3.63, 3.8) is 0 Å². The summed E-state index contributed by atoms with van der Waals surface area (Å²) in [6.07, 6.45) is 2.82. The molecule has 0 spiro atoms. The summed E-state index contributed by atoms with van der Waals surface area (Å²) in [5, 5.41) is 3.34. The number of carbonyl (C=O) groups is 1. The van der Waals surface area contributed by atoms with Gasteiger partial charge in [0.25, 0.3) is 5.91 Å². The normalized spacial score (nSPS) is 17.2. The number of aliphatic imine (C=N–C) groups is 1. The van der Waals surface area contributed by atoms with Crippen molar-refractivity contribution in [3.8, 4) is 17.2 Å². The quantitative estimate of drug-likeness (QED) is 0.379. The second kappa shape index (κ2) is 10.2. The zero-order valence-electron chi connectivity index (χ0n) is 17.2. The van der Waals surface area contributed by atoms with E-state index in [9.17, 15) is 4.79 Å². The van der Waals surface area contributed by atoms with Crippen molar-refractivity contribution in [1.29, 1.82) is 0 Å². The Kier molecular flexibility index (Phi) is 7.65. The van der Waals surface area contributed by atoms with Gasteiger partial charge in [-0.25, -0.2) is 4.99 Å². The molecule has 0 radical (unpaired) electrons. The molecular weight excluding hydrogens is 515 g/mol. The maximum atomic E-state index is 12.4.